The Morgan fingerprint density at radius 2 is 1.84 bits per heavy atom. The van der Waals surface area contributed by atoms with Crippen molar-refractivity contribution in [2.45, 2.75) is 42.5 Å². The molecule has 3 heterocycles. The van der Waals surface area contributed by atoms with Gasteiger partial charge in [0.25, 0.3) is 0 Å². The van der Waals surface area contributed by atoms with Crippen LogP contribution in [0.3, 0.4) is 0 Å². The number of carbonyl (C=O) groups is 1. The molecule has 0 bridgehead atoms. The number of nitrogens with zero attached hydrogens (tertiary/aromatic N) is 4. The second-order valence-corrected chi connectivity index (χ2v) is 15.5. The fraction of sp³-hybridized carbons (Fsp3) is 0.282. The van der Waals surface area contributed by atoms with Crippen LogP contribution in [-0.4, -0.2) is 64.0 Å². The van der Waals surface area contributed by atoms with E-state index in [9.17, 15) is 18.1 Å². The molecule has 1 aliphatic rings. The molecular formula is C39H38F3N4O9PS. The first kappa shape index (κ1) is 43.1. The topological polar surface area (TPSA) is 157 Å². The molecule has 1 fully saturated rings. The van der Waals surface area contributed by atoms with Gasteiger partial charge in [0, 0.05) is 28.0 Å². The van der Waals surface area contributed by atoms with Crippen molar-refractivity contribution in [3.8, 4) is 6.07 Å². The summed E-state index contributed by atoms with van der Waals surface area (Å²) < 4.78 is 98.3. The van der Waals surface area contributed by atoms with Gasteiger partial charge in [0.15, 0.2) is 11.9 Å². The van der Waals surface area contributed by atoms with Gasteiger partial charge in [-0.1, -0.05) is 36.4 Å². The van der Waals surface area contributed by atoms with Crippen LogP contribution in [0.25, 0.3) is 6.08 Å². The Hall–Kier alpha value is -5.05. The van der Waals surface area contributed by atoms with Crippen LogP contribution >= 0.6 is 19.6 Å². The minimum atomic E-state index is -4.15. The van der Waals surface area contributed by atoms with Crippen LogP contribution in [0.4, 0.5) is 13.2 Å². The normalized spacial score (nSPS) is 17.6. The zero-order valence-corrected chi connectivity index (χ0v) is 32.3. The molecule has 18 heteroatoms. The van der Waals surface area contributed by atoms with Crippen molar-refractivity contribution >= 4 is 31.6 Å². The fourth-order valence-electron chi connectivity index (χ4n) is 5.51. The van der Waals surface area contributed by atoms with E-state index < -0.39 is 55.0 Å². The predicted octanol–water partition coefficient (Wildman–Crippen LogP) is 8.08. The van der Waals surface area contributed by atoms with Gasteiger partial charge in [-0.2, -0.15) is 10.4 Å². The molecular weight excluding hydrogens is 788 g/mol. The van der Waals surface area contributed by atoms with Gasteiger partial charge in [0.2, 0.25) is 0 Å². The van der Waals surface area contributed by atoms with Crippen LogP contribution in [0.5, 0.6) is 0 Å². The number of carbonyl (C=O) groups excluding carboxylic acids is 1. The summed E-state index contributed by atoms with van der Waals surface area (Å²) in [5.41, 5.74) is -1.56. The Bertz CT molecular complexity index is 2140. The standard InChI is InChI=1S/C39H38F3N4O9PS/c1-4-14-52-56(48,53-15-5-2)54-20-30-19-49-23-33(30)38(47)55-39(24-46-26-44-25-45-46,34-13-12-31(40)17-36(34)42)27(3)57-32-21-50-37(51-22-32)9-7-6-8-29-11-10-28(18-43)16-35(29)41/h4-13,16-17,19,23,25-27,32,37H,1-2,14-15,20-22,24H2,3H3/b8-6+,9-7+/t27-,32-,37-,39-/m1/s1. The smallest absolute Gasteiger partial charge is 0.471 e. The number of allylic oxidation sites excluding steroid dienone is 2. The van der Waals surface area contributed by atoms with E-state index in [0.717, 1.165) is 18.4 Å². The molecule has 13 nitrogen and oxygen atoms in total. The summed E-state index contributed by atoms with van der Waals surface area (Å²) in [4.78, 5) is 18.1. The van der Waals surface area contributed by atoms with Gasteiger partial charge in [-0.3, -0.25) is 13.6 Å². The number of halogens is 3. The fourth-order valence-corrected chi connectivity index (χ4v) is 7.97. The number of benzene rings is 2. The lowest BCUT2D eigenvalue weighted by molar-refractivity contribution is -0.146. The van der Waals surface area contributed by atoms with Crippen molar-refractivity contribution in [1.82, 2.24) is 14.8 Å². The Balaban J connectivity index is 1.36. The first-order valence-electron chi connectivity index (χ1n) is 17.2. The highest BCUT2D eigenvalue weighted by Gasteiger charge is 2.47. The van der Waals surface area contributed by atoms with Crippen molar-refractivity contribution < 1.29 is 54.7 Å². The number of furan rings is 1. The van der Waals surface area contributed by atoms with Crippen LogP contribution in [0.15, 0.2) is 110 Å². The highest BCUT2D eigenvalue weighted by molar-refractivity contribution is 8.00. The molecule has 5 rings (SSSR count). The number of phosphoric ester groups is 1. The number of nitriles is 1. The van der Waals surface area contributed by atoms with Gasteiger partial charge in [-0.15, -0.1) is 24.9 Å². The molecule has 2 aromatic heterocycles. The summed E-state index contributed by atoms with van der Waals surface area (Å²) >= 11 is 1.28. The van der Waals surface area contributed by atoms with Crippen molar-refractivity contribution in [2.24, 2.45) is 0 Å². The first-order chi connectivity index (χ1) is 27.5. The van der Waals surface area contributed by atoms with Crippen LogP contribution in [0.2, 0.25) is 0 Å². The third-order valence-corrected chi connectivity index (χ3v) is 11.1. The van der Waals surface area contributed by atoms with Gasteiger partial charge in [-0.05, 0) is 37.3 Å². The number of rotatable bonds is 20. The van der Waals surface area contributed by atoms with Crippen LogP contribution in [-0.2, 0) is 51.1 Å². The Labute approximate surface area is 331 Å². The highest BCUT2D eigenvalue weighted by atomic mass is 32.2. The lowest BCUT2D eigenvalue weighted by atomic mass is 9.89. The number of hydrogen-bond donors (Lipinski definition) is 0. The van der Waals surface area contributed by atoms with Gasteiger partial charge in [-0.25, -0.2) is 32.2 Å². The molecule has 0 saturated carbocycles. The maximum absolute atomic E-state index is 15.9. The van der Waals surface area contributed by atoms with E-state index in [0.29, 0.717) is 11.6 Å². The third kappa shape index (κ3) is 11.5. The average molecular weight is 827 g/mol. The van der Waals surface area contributed by atoms with Crippen LogP contribution in [0.1, 0.15) is 39.5 Å². The third-order valence-electron chi connectivity index (χ3n) is 8.30. The van der Waals surface area contributed by atoms with Gasteiger partial charge in [0.05, 0.1) is 62.7 Å². The second kappa shape index (κ2) is 20.4. The maximum atomic E-state index is 15.9. The number of thioether (sulfide) groups is 1. The van der Waals surface area contributed by atoms with E-state index in [-0.39, 0.29) is 60.5 Å². The summed E-state index contributed by atoms with van der Waals surface area (Å²) in [5, 5.41) is 12.0. The largest absolute Gasteiger partial charge is 0.475 e. The van der Waals surface area contributed by atoms with Crippen LogP contribution in [0, 0.1) is 28.8 Å². The Morgan fingerprint density at radius 3 is 2.49 bits per heavy atom. The van der Waals surface area contributed by atoms with Gasteiger partial charge < -0.3 is 18.6 Å². The molecule has 0 aliphatic carbocycles. The highest BCUT2D eigenvalue weighted by Crippen LogP contribution is 2.50. The number of phosphoric acid groups is 1. The molecule has 0 amide bonds. The minimum absolute atomic E-state index is 0.101. The van der Waals surface area contributed by atoms with E-state index in [1.165, 1.54) is 71.8 Å². The molecule has 1 saturated heterocycles. The summed E-state index contributed by atoms with van der Waals surface area (Å²) in [6, 6.07) is 8.98. The maximum Gasteiger partial charge on any atom is 0.475 e. The Kier molecular flexibility index (Phi) is 15.4. The summed E-state index contributed by atoms with van der Waals surface area (Å²) in [7, 11) is -4.15. The number of aromatic nitrogens is 3. The monoisotopic (exact) mass is 826 g/mol. The van der Waals surface area contributed by atoms with Crippen molar-refractivity contribution in [1.29, 1.82) is 5.26 Å². The predicted molar refractivity (Wildman–Crippen MR) is 203 cm³/mol. The Morgan fingerprint density at radius 1 is 1.09 bits per heavy atom. The number of esters is 1. The number of ether oxygens (including phenoxy) is 3. The lowest BCUT2D eigenvalue weighted by Crippen LogP contribution is -2.47. The first-order valence-corrected chi connectivity index (χ1v) is 19.6. The van der Waals surface area contributed by atoms with E-state index in [2.05, 4.69) is 23.2 Å². The lowest BCUT2D eigenvalue weighted by Gasteiger charge is -2.40. The van der Waals surface area contributed by atoms with Gasteiger partial charge in [0.1, 0.15) is 41.9 Å². The van der Waals surface area contributed by atoms with Crippen molar-refractivity contribution in [2.75, 3.05) is 26.4 Å². The quantitative estimate of drug-likeness (QED) is 0.0365. The molecule has 0 spiro atoms. The molecule has 0 N–H and O–H groups in total. The molecule has 4 aromatic rings. The van der Waals surface area contributed by atoms with Crippen molar-refractivity contribution in [3.63, 3.8) is 0 Å². The SMILES string of the molecule is C=CCOP(=O)(OCC=C)OCc1cocc1C(=O)O[C@@](Cn1cncn1)(c1ccc(F)cc1F)[C@@H](C)S[C@H]1CO[C@H](/C=C/C=C/c2ccc(C#N)cc2F)OC1. The van der Waals surface area contributed by atoms with E-state index in [4.69, 9.17) is 37.5 Å². The van der Waals surface area contributed by atoms with E-state index in [1.54, 1.807) is 25.2 Å². The molecule has 0 unspecified atom stereocenters. The summed E-state index contributed by atoms with van der Waals surface area (Å²) in [6.07, 6.45) is 13.3. The zero-order valence-electron chi connectivity index (χ0n) is 30.6. The molecule has 2 atom stereocenters. The second-order valence-electron chi connectivity index (χ2n) is 12.2. The van der Waals surface area contributed by atoms with Crippen molar-refractivity contribution in [3.05, 3.63) is 150 Å². The molecule has 0 radical (unpaired) electrons. The van der Waals surface area contributed by atoms with E-state index >= 15 is 4.39 Å². The average Bonchev–Trinajstić information content (AvgIpc) is 3.91. The minimum Gasteiger partial charge on any atom is -0.471 e. The molecule has 1 aliphatic heterocycles. The molecule has 2 aromatic carbocycles. The number of hydrogen-bond acceptors (Lipinski definition) is 13. The van der Waals surface area contributed by atoms with Crippen LogP contribution < -0.4 is 0 Å². The molecule has 57 heavy (non-hydrogen) atoms. The summed E-state index contributed by atoms with van der Waals surface area (Å²) in [5.74, 6) is -3.35. The zero-order chi connectivity index (χ0) is 40.8. The van der Waals surface area contributed by atoms with Gasteiger partial charge >= 0.3 is 13.8 Å². The molecule has 300 valence electrons. The van der Waals surface area contributed by atoms with E-state index in [1.807, 2.05) is 6.07 Å². The summed E-state index contributed by atoms with van der Waals surface area (Å²) in [6.45, 7) is 8.03.